The molecule has 2 amide bonds. The average Bonchev–Trinajstić information content (AvgIpc) is 3.29. The number of aromatic nitrogens is 1. The van der Waals surface area contributed by atoms with Crippen molar-refractivity contribution in [3.63, 3.8) is 0 Å². The maximum Gasteiger partial charge on any atom is 0.228 e. The van der Waals surface area contributed by atoms with Gasteiger partial charge in [-0.3, -0.25) is 14.6 Å². The Hall–Kier alpha value is -1.91. The second-order valence-electron chi connectivity index (χ2n) is 7.48. The Labute approximate surface area is 143 Å². The van der Waals surface area contributed by atoms with Crippen molar-refractivity contribution < 1.29 is 9.59 Å². The highest BCUT2D eigenvalue weighted by atomic mass is 16.2. The van der Waals surface area contributed by atoms with Crippen LogP contribution in [0.4, 0.5) is 0 Å². The van der Waals surface area contributed by atoms with Gasteiger partial charge in [-0.05, 0) is 49.7 Å². The van der Waals surface area contributed by atoms with Gasteiger partial charge in [0.05, 0.1) is 6.42 Å². The molecule has 5 heteroatoms. The average molecular weight is 327 g/mol. The molecule has 0 radical (unpaired) electrons. The molecule has 4 rings (SSSR count). The molecule has 1 aliphatic heterocycles. The molecular weight excluding hydrogens is 302 g/mol. The molecule has 2 aliphatic carbocycles. The van der Waals surface area contributed by atoms with Crippen LogP contribution in [0.2, 0.25) is 0 Å². The molecule has 2 heterocycles. The van der Waals surface area contributed by atoms with Crippen molar-refractivity contribution >= 4 is 11.8 Å². The molecule has 1 unspecified atom stereocenters. The highest BCUT2D eigenvalue weighted by Crippen LogP contribution is 2.54. The molecule has 1 saturated heterocycles. The van der Waals surface area contributed by atoms with E-state index < -0.39 is 0 Å². The lowest BCUT2D eigenvalue weighted by atomic mass is 10.0. The highest BCUT2D eigenvalue weighted by Gasteiger charge is 2.48. The molecule has 128 valence electrons. The number of hydrogen-bond acceptors (Lipinski definition) is 3. The molecule has 3 aliphatic rings. The first-order chi connectivity index (χ1) is 11.7. The van der Waals surface area contributed by atoms with Gasteiger partial charge >= 0.3 is 0 Å². The lowest BCUT2D eigenvalue weighted by molar-refractivity contribution is -0.136. The number of pyridine rings is 1. The molecule has 3 fully saturated rings. The molecule has 0 N–H and O–H groups in total. The number of nitrogens with zero attached hydrogens (tertiary/aromatic N) is 3. The third-order valence-corrected chi connectivity index (χ3v) is 5.81. The van der Waals surface area contributed by atoms with Gasteiger partial charge in [0, 0.05) is 44.0 Å². The lowest BCUT2D eigenvalue weighted by Gasteiger charge is -2.25. The van der Waals surface area contributed by atoms with E-state index in [9.17, 15) is 9.59 Å². The predicted octanol–water partition coefficient (Wildman–Crippen LogP) is 1.73. The summed E-state index contributed by atoms with van der Waals surface area (Å²) in [6.07, 6.45) is 6.49. The van der Waals surface area contributed by atoms with Crippen LogP contribution in [0.25, 0.3) is 0 Å². The Morgan fingerprint density at radius 2 is 1.75 bits per heavy atom. The SMILES string of the molecule is O=C(Cc1ccccn1)N1CCCN(C(=O)C2C[C@@H]3C[C@@H]3C2)CC1. The number of hydrogen-bond donors (Lipinski definition) is 0. The summed E-state index contributed by atoms with van der Waals surface area (Å²) in [7, 11) is 0. The molecule has 1 aromatic heterocycles. The van der Waals surface area contributed by atoms with E-state index >= 15 is 0 Å². The van der Waals surface area contributed by atoms with E-state index in [4.69, 9.17) is 0 Å². The van der Waals surface area contributed by atoms with Gasteiger partial charge in [-0.15, -0.1) is 0 Å². The first-order valence-corrected chi connectivity index (χ1v) is 9.17. The van der Waals surface area contributed by atoms with E-state index in [1.54, 1.807) is 6.20 Å². The predicted molar refractivity (Wildman–Crippen MR) is 90.0 cm³/mol. The van der Waals surface area contributed by atoms with Crippen molar-refractivity contribution in [2.75, 3.05) is 26.2 Å². The van der Waals surface area contributed by atoms with Crippen LogP contribution < -0.4 is 0 Å². The van der Waals surface area contributed by atoms with Gasteiger partial charge in [0.1, 0.15) is 0 Å². The van der Waals surface area contributed by atoms with Crippen molar-refractivity contribution in [1.82, 2.24) is 14.8 Å². The number of carbonyl (C=O) groups is 2. The smallest absolute Gasteiger partial charge is 0.228 e. The Morgan fingerprint density at radius 1 is 1.00 bits per heavy atom. The number of rotatable bonds is 3. The number of carbonyl (C=O) groups excluding carboxylic acids is 2. The van der Waals surface area contributed by atoms with E-state index in [-0.39, 0.29) is 11.8 Å². The molecule has 3 atom stereocenters. The maximum atomic E-state index is 12.7. The molecule has 0 aromatic carbocycles. The fourth-order valence-corrected chi connectivity index (χ4v) is 4.33. The standard InChI is InChI=1S/C19H25N3O2/c23-18(13-17-4-1-2-5-20-17)21-6-3-7-22(9-8-21)19(24)16-11-14-10-15(14)12-16/h1-2,4-5,14-16H,3,6-13H2/t14-,15+,16?. The minimum absolute atomic E-state index is 0.116. The second kappa shape index (κ2) is 6.54. The summed E-state index contributed by atoms with van der Waals surface area (Å²) in [5.41, 5.74) is 0.810. The monoisotopic (exact) mass is 327 g/mol. The van der Waals surface area contributed by atoms with E-state index in [2.05, 4.69) is 4.98 Å². The van der Waals surface area contributed by atoms with E-state index in [1.165, 1.54) is 6.42 Å². The second-order valence-corrected chi connectivity index (χ2v) is 7.48. The van der Waals surface area contributed by atoms with Gasteiger partial charge in [0.2, 0.25) is 11.8 Å². The van der Waals surface area contributed by atoms with Crippen LogP contribution in [0.1, 0.15) is 31.4 Å². The lowest BCUT2D eigenvalue weighted by Crippen LogP contribution is -2.40. The topological polar surface area (TPSA) is 53.5 Å². The molecule has 5 nitrogen and oxygen atoms in total. The van der Waals surface area contributed by atoms with Crippen molar-refractivity contribution in [3.8, 4) is 0 Å². The molecule has 0 spiro atoms. The zero-order valence-electron chi connectivity index (χ0n) is 14.1. The largest absolute Gasteiger partial charge is 0.341 e. The fourth-order valence-electron chi connectivity index (χ4n) is 4.33. The summed E-state index contributed by atoms with van der Waals surface area (Å²) in [6, 6.07) is 5.65. The Morgan fingerprint density at radius 3 is 2.50 bits per heavy atom. The Kier molecular flexibility index (Phi) is 4.25. The van der Waals surface area contributed by atoms with Crippen molar-refractivity contribution in [2.24, 2.45) is 17.8 Å². The summed E-state index contributed by atoms with van der Waals surface area (Å²) in [6.45, 7) is 2.86. The number of amides is 2. The first-order valence-electron chi connectivity index (χ1n) is 9.17. The maximum absolute atomic E-state index is 12.7. The summed E-state index contributed by atoms with van der Waals surface area (Å²) < 4.78 is 0. The minimum atomic E-state index is 0.116. The molecule has 2 saturated carbocycles. The van der Waals surface area contributed by atoms with Crippen LogP contribution in [0.15, 0.2) is 24.4 Å². The molecule has 1 aromatic rings. The Bertz CT molecular complexity index is 608. The van der Waals surface area contributed by atoms with Crippen LogP contribution in [-0.2, 0) is 16.0 Å². The van der Waals surface area contributed by atoms with Gasteiger partial charge in [-0.2, -0.15) is 0 Å². The van der Waals surface area contributed by atoms with E-state index in [1.807, 2.05) is 28.0 Å². The molecule has 24 heavy (non-hydrogen) atoms. The first kappa shape index (κ1) is 15.6. The molecular formula is C19H25N3O2. The van der Waals surface area contributed by atoms with Crippen molar-refractivity contribution in [2.45, 2.75) is 32.1 Å². The molecule has 0 bridgehead atoms. The van der Waals surface area contributed by atoms with Crippen LogP contribution in [0.5, 0.6) is 0 Å². The van der Waals surface area contributed by atoms with Crippen LogP contribution in [0, 0.1) is 17.8 Å². The normalized spacial score (nSPS) is 29.1. The van der Waals surface area contributed by atoms with Crippen LogP contribution in [-0.4, -0.2) is 52.8 Å². The zero-order valence-corrected chi connectivity index (χ0v) is 14.1. The van der Waals surface area contributed by atoms with E-state index in [0.29, 0.717) is 25.4 Å². The zero-order chi connectivity index (χ0) is 16.5. The summed E-state index contributed by atoms with van der Waals surface area (Å²) in [5.74, 6) is 2.38. The fraction of sp³-hybridized carbons (Fsp3) is 0.632. The quantitative estimate of drug-likeness (QED) is 0.849. The summed E-state index contributed by atoms with van der Waals surface area (Å²) in [5, 5.41) is 0. The minimum Gasteiger partial charge on any atom is -0.341 e. The van der Waals surface area contributed by atoms with Crippen molar-refractivity contribution in [3.05, 3.63) is 30.1 Å². The van der Waals surface area contributed by atoms with Gasteiger partial charge in [0.15, 0.2) is 0 Å². The van der Waals surface area contributed by atoms with Crippen molar-refractivity contribution in [1.29, 1.82) is 0 Å². The van der Waals surface area contributed by atoms with E-state index in [0.717, 1.165) is 49.9 Å². The van der Waals surface area contributed by atoms with Crippen LogP contribution >= 0.6 is 0 Å². The summed E-state index contributed by atoms with van der Waals surface area (Å²) >= 11 is 0. The van der Waals surface area contributed by atoms with Gasteiger partial charge < -0.3 is 9.80 Å². The van der Waals surface area contributed by atoms with Gasteiger partial charge in [-0.1, -0.05) is 6.07 Å². The number of fused-ring (bicyclic) bond motifs is 1. The third-order valence-electron chi connectivity index (χ3n) is 5.81. The third kappa shape index (κ3) is 3.30. The van der Waals surface area contributed by atoms with Gasteiger partial charge in [0.25, 0.3) is 0 Å². The van der Waals surface area contributed by atoms with Gasteiger partial charge in [-0.25, -0.2) is 0 Å². The van der Waals surface area contributed by atoms with Crippen LogP contribution in [0.3, 0.4) is 0 Å². The summed E-state index contributed by atoms with van der Waals surface area (Å²) in [4.78, 5) is 33.3. The Balaban J connectivity index is 1.30. The highest BCUT2D eigenvalue weighted by molar-refractivity contribution is 5.80.